The Bertz CT molecular complexity index is 400. The molecule has 0 aromatic heterocycles. The fourth-order valence-electron chi connectivity index (χ4n) is 2.03. The summed E-state index contributed by atoms with van der Waals surface area (Å²) in [5, 5.41) is 9.43. The van der Waals surface area contributed by atoms with Crippen molar-refractivity contribution in [2.75, 3.05) is 7.11 Å². The minimum absolute atomic E-state index is 0.194. The first-order valence-corrected chi connectivity index (χ1v) is 5.27. The molecule has 1 unspecified atom stereocenters. The molecule has 16 heavy (non-hydrogen) atoms. The van der Waals surface area contributed by atoms with Crippen molar-refractivity contribution in [1.29, 1.82) is 0 Å². The molecule has 1 atom stereocenters. The van der Waals surface area contributed by atoms with E-state index in [0.717, 1.165) is 30.4 Å². The SMILES string of the molecule is COC(=O)OC1CCCc2ccc(O)cc21. The first-order valence-electron chi connectivity index (χ1n) is 5.27. The van der Waals surface area contributed by atoms with Crippen molar-refractivity contribution in [3.63, 3.8) is 0 Å². The summed E-state index contributed by atoms with van der Waals surface area (Å²) in [5.41, 5.74) is 2.01. The van der Waals surface area contributed by atoms with Crippen LogP contribution in [0.1, 0.15) is 30.1 Å². The molecule has 0 fully saturated rings. The summed E-state index contributed by atoms with van der Waals surface area (Å²) in [6.45, 7) is 0. The molecule has 86 valence electrons. The number of fused-ring (bicyclic) bond motifs is 1. The van der Waals surface area contributed by atoms with Crippen LogP contribution in [-0.4, -0.2) is 18.4 Å². The molecule has 0 saturated carbocycles. The van der Waals surface area contributed by atoms with Crippen LogP contribution in [-0.2, 0) is 15.9 Å². The average Bonchev–Trinajstić information content (AvgIpc) is 2.29. The Balaban J connectivity index is 2.24. The summed E-state index contributed by atoms with van der Waals surface area (Å²) in [6.07, 6.45) is 1.71. The van der Waals surface area contributed by atoms with Crippen molar-refractivity contribution in [3.05, 3.63) is 29.3 Å². The molecule has 0 heterocycles. The number of benzene rings is 1. The summed E-state index contributed by atoms with van der Waals surface area (Å²) in [4.78, 5) is 11.1. The van der Waals surface area contributed by atoms with Gasteiger partial charge >= 0.3 is 6.16 Å². The zero-order valence-corrected chi connectivity index (χ0v) is 9.10. The molecular formula is C12H14O4. The van der Waals surface area contributed by atoms with E-state index in [-0.39, 0.29) is 11.9 Å². The monoisotopic (exact) mass is 222 g/mol. The molecular weight excluding hydrogens is 208 g/mol. The number of carbonyl (C=O) groups excluding carboxylic acids is 1. The van der Waals surface area contributed by atoms with E-state index in [0.29, 0.717) is 0 Å². The molecule has 0 saturated heterocycles. The number of aryl methyl sites for hydroxylation is 1. The molecule has 0 bridgehead atoms. The van der Waals surface area contributed by atoms with Crippen LogP contribution in [0, 0.1) is 0 Å². The second-order valence-corrected chi connectivity index (χ2v) is 3.84. The van der Waals surface area contributed by atoms with E-state index in [1.807, 2.05) is 6.07 Å². The molecule has 1 aromatic rings. The molecule has 0 radical (unpaired) electrons. The fourth-order valence-corrected chi connectivity index (χ4v) is 2.03. The minimum Gasteiger partial charge on any atom is -0.508 e. The van der Waals surface area contributed by atoms with Crippen LogP contribution >= 0.6 is 0 Å². The number of methoxy groups -OCH3 is 1. The van der Waals surface area contributed by atoms with Crippen LogP contribution in [0.4, 0.5) is 4.79 Å². The van der Waals surface area contributed by atoms with E-state index >= 15 is 0 Å². The lowest BCUT2D eigenvalue weighted by Gasteiger charge is -2.24. The molecule has 1 aliphatic carbocycles. The number of hydrogen-bond acceptors (Lipinski definition) is 4. The Hall–Kier alpha value is -1.71. The lowest BCUT2D eigenvalue weighted by molar-refractivity contribution is 0.0298. The first kappa shape index (κ1) is 10.8. The van der Waals surface area contributed by atoms with Crippen LogP contribution in [0.25, 0.3) is 0 Å². The summed E-state index contributed by atoms with van der Waals surface area (Å²) in [7, 11) is 1.29. The van der Waals surface area contributed by atoms with Crippen molar-refractivity contribution in [1.82, 2.24) is 0 Å². The Morgan fingerprint density at radius 1 is 1.50 bits per heavy atom. The summed E-state index contributed by atoms with van der Waals surface area (Å²) >= 11 is 0. The highest BCUT2D eigenvalue weighted by atomic mass is 16.7. The third-order valence-electron chi connectivity index (χ3n) is 2.79. The largest absolute Gasteiger partial charge is 0.508 e. The zero-order chi connectivity index (χ0) is 11.5. The lowest BCUT2D eigenvalue weighted by Crippen LogP contribution is -2.16. The molecule has 1 aromatic carbocycles. The minimum atomic E-state index is -0.679. The van der Waals surface area contributed by atoms with Gasteiger partial charge in [-0.25, -0.2) is 4.79 Å². The Labute approximate surface area is 93.8 Å². The van der Waals surface area contributed by atoms with E-state index in [1.165, 1.54) is 7.11 Å². The van der Waals surface area contributed by atoms with Crippen LogP contribution in [0.2, 0.25) is 0 Å². The smallest absolute Gasteiger partial charge is 0.508 e. The van der Waals surface area contributed by atoms with Gasteiger partial charge in [0.1, 0.15) is 11.9 Å². The van der Waals surface area contributed by atoms with Crippen LogP contribution in [0.5, 0.6) is 5.75 Å². The fraction of sp³-hybridized carbons (Fsp3) is 0.417. The maximum absolute atomic E-state index is 11.1. The highest BCUT2D eigenvalue weighted by molar-refractivity contribution is 5.60. The molecule has 0 aliphatic heterocycles. The summed E-state index contributed by atoms with van der Waals surface area (Å²) in [6, 6.07) is 5.18. The maximum Gasteiger partial charge on any atom is 0.508 e. The second kappa shape index (κ2) is 4.43. The van der Waals surface area contributed by atoms with Crippen molar-refractivity contribution in [2.45, 2.75) is 25.4 Å². The van der Waals surface area contributed by atoms with E-state index < -0.39 is 6.16 Å². The van der Waals surface area contributed by atoms with Gasteiger partial charge < -0.3 is 14.6 Å². The zero-order valence-electron chi connectivity index (χ0n) is 9.10. The predicted octanol–water partition coefficient (Wildman–Crippen LogP) is 2.55. The summed E-state index contributed by atoms with van der Waals surface area (Å²) in [5.74, 6) is 0.194. The number of phenolic OH excluding ortho intramolecular Hbond substituents is 1. The molecule has 1 N–H and O–H groups in total. The number of ether oxygens (including phenoxy) is 2. The van der Waals surface area contributed by atoms with Crippen molar-refractivity contribution in [2.24, 2.45) is 0 Å². The van der Waals surface area contributed by atoms with Gasteiger partial charge in [0.2, 0.25) is 0 Å². The van der Waals surface area contributed by atoms with Gasteiger partial charge in [-0.2, -0.15) is 0 Å². The Morgan fingerprint density at radius 2 is 2.31 bits per heavy atom. The highest BCUT2D eigenvalue weighted by Crippen LogP contribution is 2.34. The van der Waals surface area contributed by atoms with Gasteiger partial charge in [-0.05, 0) is 42.5 Å². The Morgan fingerprint density at radius 3 is 3.06 bits per heavy atom. The molecule has 2 rings (SSSR count). The lowest BCUT2D eigenvalue weighted by atomic mass is 9.89. The topological polar surface area (TPSA) is 55.8 Å². The van der Waals surface area contributed by atoms with Gasteiger partial charge in [0.25, 0.3) is 0 Å². The van der Waals surface area contributed by atoms with Crippen LogP contribution in [0.3, 0.4) is 0 Å². The second-order valence-electron chi connectivity index (χ2n) is 3.84. The average molecular weight is 222 g/mol. The van der Waals surface area contributed by atoms with Gasteiger partial charge in [-0.1, -0.05) is 6.07 Å². The molecule has 4 nitrogen and oxygen atoms in total. The van der Waals surface area contributed by atoms with Crippen LogP contribution < -0.4 is 0 Å². The first-order chi connectivity index (χ1) is 7.70. The number of rotatable bonds is 1. The molecule has 0 amide bonds. The predicted molar refractivity (Wildman–Crippen MR) is 57.3 cm³/mol. The van der Waals surface area contributed by atoms with Gasteiger partial charge in [0.05, 0.1) is 7.11 Å². The third-order valence-corrected chi connectivity index (χ3v) is 2.79. The van der Waals surface area contributed by atoms with Gasteiger partial charge in [0, 0.05) is 0 Å². The summed E-state index contributed by atoms with van der Waals surface area (Å²) < 4.78 is 9.62. The normalized spacial score (nSPS) is 18.7. The Kier molecular flexibility index (Phi) is 2.99. The van der Waals surface area contributed by atoms with Crippen molar-refractivity contribution in [3.8, 4) is 5.75 Å². The van der Waals surface area contributed by atoms with E-state index in [1.54, 1.807) is 12.1 Å². The van der Waals surface area contributed by atoms with Gasteiger partial charge in [0.15, 0.2) is 0 Å². The number of hydrogen-bond donors (Lipinski definition) is 1. The quantitative estimate of drug-likeness (QED) is 0.742. The van der Waals surface area contributed by atoms with Crippen LogP contribution in [0.15, 0.2) is 18.2 Å². The number of aromatic hydroxyl groups is 1. The molecule has 4 heteroatoms. The molecule has 0 spiro atoms. The third kappa shape index (κ3) is 2.10. The van der Waals surface area contributed by atoms with E-state index in [9.17, 15) is 9.90 Å². The van der Waals surface area contributed by atoms with Gasteiger partial charge in [-0.3, -0.25) is 0 Å². The van der Waals surface area contributed by atoms with E-state index in [4.69, 9.17) is 4.74 Å². The molecule has 1 aliphatic rings. The number of phenols is 1. The standard InChI is InChI=1S/C12H14O4/c1-15-12(14)16-11-4-2-3-8-5-6-9(13)7-10(8)11/h5-7,11,13H,2-4H2,1H3. The maximum atomic E-state index is 11.1. The van der Waals surface area contributed by atoms with Gasteiger partial charge in [-0.15, -0.1) is 0 Å². The van der Waals surface area contributed by atoms with Crippen molar-refractivity contribution < 1.29 is 19.4 Å². The van der Waals surface area contributed by atoms with Crippen molar-refractivity contribution >= 4 is 6.16 Å². The highest BCUT2D eigenvalue weighted by Gasteiger charge is 2.24. The van der Waals surface area contributed by atoms with E-state index in [2.05, 4.69) is 4.74 Å². The number of carbonyl (C=O) groups is 1.